The molecule has 0 unspecified atom stereocenters. The summed E-state index contributed by atoms with van der Waals surface area (Å²) in [5.74, 6) is 0.483. The highest BCUT2D eigenvalue weighted by molar-refractivity contribution is 5.73. The van der Waals surface area contributed by atoms with Gasteiger partial charge in [-0.05, 0) is 11.6 Å². The zero-order chi connectivity index (χ0) is 12.3. The highest BCUT2D eigenvalue weighted by atomic mass is 16.5. The standard InChI is InChI=1S/C14H11NO2/c1-17-14-8-13(16)12(7-11(14)9-15)10-5-3-2-4-6-10/h2-8,16H,1H3. The van der Waals surface area contributed by atoms with Crippen molar-refractivity contribution >= 4 is 0 Å². The van der Waals surface area contributed by atoms with Gasteiger partial charge in [0.25, 0.3) is 0 Å². The van der Waals surface area contributed by atoms with Gasteiger partial charge in [0.1, 0.15) is 17.6 Å². The normalized spacial score (nSPS) is 9.65. The number of phenolic OH excluding ortho intramolecular Hbond substituents is 1. The Morgan fingerprint density at radius 3 is 2.47 bits per heavy atom. The van der Waals surface area contributed by atoms with E-state index < -0.39 is 0 Å². The molecule has 3 nitrogen and oxygen atoms in total. The lowest BCUT2D eigenvalue weighted by Crippen LogP contribution is -1.89. The number of hydrogen-bond acceptors (Lipinski definition) is 3. The second-order valence-corrected chi connectivity index (χ2v) is 3.55. The maximum absolute atomic E-state index is 9.91. The molecule has 0 fully saturated rings. The second kappa shape index (κ2) is 4.58. The van der Waals surface area contributed by atoms with Gasteiger partial charge in [0.2, 0.25) is 0 Å². The Balaban J connectivity index is 2.61. The summed E-state index contributed by atoms with van der Waals surface area (Å²) in [6, 6.07) is 14.5. The van der Waals surface area contributed by atoms with Crippen LogP contribution in [0.25, 0.3) is 11.1 Å². The summed E-state index contributed by atoms with van der Waals surface area (Å²) in [6.45, 7) is 0. The van der Waals surface area contributed by atoms with Gasteiger partial charge in [0, 0.05) is 11.6 Å². The Morgan fingerprint density at radius 1 is 1.18 bits per heavy atom. The van der Waals surface area contributed by atoms with E-state index in [0.717, 1.165) is 5.56 Å². The average molecular weight is 225 g/mol. The Labute approximate surface area is 99.5 Å². The predicted octanol–water partition coefficient (Wildman–Crippen LogP) is 2.94. The van der Waals surface area contributed by atoms with Crippen LogP contribution in [0.15, 0.2) is 42.5 Å². The summed E-state index contributed by atoms with van der Waals surface area (Å²) >= 11 is 0. The molecule has 0 amide bonds. The monoisotopic (exact) mass is 225 g/mol. The molecule has 0 aromatic heterocycles. The summed E-state index contributed by atoms with van der Waals surface area (Å²) in [4.78, 5) is 0. The Hall–Kier alpha value is -2.47. The molecule has 17 heavy (non-hydrogen) atoms. The van der Waals surface area contributed by atoms with Crippen molar-refractivity contribution in [3.8, 4) is 28.7 Å². The number of benzene rings is 2. The summed E-state index contributed by atoms with van der Waals surface area (Å²) in [6.07, 6.45) is 0. The topological polar surface area (TPSA) is 53.2 Å². The van der Waals surface area contributed by atoms with Gasteiger partial charge < -0.3 is 9.84 Å². The average Bonchev–Trinajstić information content (AvgIpc) is 2.39. The Morgan fingerprint density at radius 2 is 1.88 bits per heavy atom. The van der Waals surface area contributed by atoms with Crippen molar-refractivity contribution in [2.24, 2.45) is 0 Å². The lowest BCUT2D eigenvalue weighted by atomic mass is 10.0. The van der Waals surface area contributed by atoms with Crippen molar-refractivity contribution < 1.29 is 9.84 Å². The molecule has 0 saturated carbocycles. The molecule has 2 aromatic rings. The highest BCUT2D eigenvalue weighted by Gasteiger charge is 2.10. The van der Waals surface area contributed by atoms with E-state index in [1.54, 1.807) is 6.07 Å². The molecule has 2 rings (SSSR count). The minimum absolute atomic E-state index is 0.104. The Kier molecular flexibility index (Phi) is 2.97. The number of nitrogens with zero attached hydrogens (tertiary/aromatic N) is 1. The fourth-order valence-electron chi connectivity index (χ4n) is 1.67. The van der Waals surface area contributed by atoms with Crippen molar-refractivity contribution in [1.29, 1.82) is 5.26 Å². The van der Waals surface area contributed by atoms with Gasteiger partial charge in [-0.2, -0.15) is 5.26 Å². The summed E-state index contributed by atoms with van der Waals surface area (Å²) in [7, 11) is 1.47. The first kappa shape index (κ1) is 11.0. The molecule has 0 aliphatic heterocycles. The van der Waals surface area contributed by atoms with E-state index in [9.17, 15) is 5.11 Å². The van der Waals surface area contributed by atoms with E-state index in [0.29, 0.717) is 16.9 Å². The molecule has 1 N–H and O–H groups in total. The van der Waals surface area contributed by atoms with Crippen LogP contribution in [0.3, 0.4) is 0 Å². The van der Waals surface area contributed by atoms with Crippen molar-refractivity contribution in [1.82, 2.24) is 0 Å². The number of hydrogen-bond donors (Lipinski definition) is 1. The fraction of sp³-hybridized carbons (Fsp3) is 0.0714. The molecule has 84 valence electrons. The van der Waals surface area contributed by atoms with Gasteiger partial charge in [-0.1, -0.05) is 30.3 Å². The molecular formula is C14H11NO2. The maximum atomic E-state index is 9.91. The third kappa shape index (κ3) is 2.06. The zero-order valence-electron chi connectivity index (χ0n) is 9.34. The summed E-state index contributed by atoms with van der Waals surface area (Å²) in [5.41, 5.74) is 1.90. The van der Waals surface area contributed by atoms with E-state index >= 15 is 0 Å². The van der Waals surface area contributed by atoms with Crippen molar-refractivity contribution in [3.63, 3.8) is 0 Å². The number of phenols is 1. The molecule has 0 bridgehead atoms. The number of rotatable bonds is 2. The molecule has 0 heterocycles. The number of aromatic hydroxyl groups is 1. The molecule has 0 saturated heterocycles. The largest absolute Gasteiger partial charge is 0.507 e. The third-order valence-electron chi connectivity index (χ3n) is 2.52. The van der Waals surface area contributed by atoms with Crippen molar-refractivity contribution in [3.05, 3.63) is 48.0 Å². The maximum Gasteiger partial charge on any atom is 0.140 e. The van der Waals surface area contributed by atoms with Gasteiger partial charge in [0.05, 0.1) is 12.7 Å². The molecule has 0 atom stereocenters. The lowest BCUT2D eigenvalue weighted by molar-refractivity contribution is 0.407. The van der Waals surface area contributed by atoms with Crippen LogP contribution < -0.4 is 4.74 Å². The molecule has 2 aromatic carbocycles. The Bertz CT molecular complexity index is 571. The van der Waals surface area contributed by atoms with E-state index in [4.69, 9.17) is 10.00 Å². The van der Waals surface area contributed by atoms with Gasteiger partial charge >= 0.3 is 0 Å². The van der Waals surface area contributed by atoms with Gasteiger partial charge in [0.15, 0.2) is 0 Å². The quantitative estimate of drug-likeness (QED) is 0.854. The number of ether oxygens (including phenoxy) is 1. The summed E-state index contributed by atoms with van der Waals surface area (Å²) < 4.78 is 5.03. The lowest BCUT2D eigenvalue weighted by Gasteiger charge is -2.08. The number of methoxy groups -OCH3 is 1. The smallest absolute Gasteiger partial charge is 0.140 e. The second-order valence-electron chi connectivity index (χ2n) is 3.55. The van der Waals surface area contributed by atoms with Crippen LogP contribution in [0.1, 0.15) is 5.56 Å². The first-order chi connectivity index (χ1) is 8.26. The van der Waals surface area contributed by atoms with E-state index in [2.05, 4.69) is 0 Å². The van der Waals surface area contributed by atoms with Crippen LogP contribution in [-0.4, -0.2) is 12.2 Å². The SMILES string of the molecule is COc1cc(O)c(-c2ccccc2)cc1C#N. The molecule has 3 heteroatoms. The van der Waals surface area contributed by atoms with Gasteiger partial charge in [-0.3, -0.25) is 0 Å². The van der Waals surface area contributed by atoms with Gasteiger partial charge in [-0.15, -0.1) is 0 Å². The van der Waals surface area contributed by atoms with Crippen LogP contribution in [0, 0.1) is 11.3 Å². The van der Waals surface area contributed by atoms with Crippen LogP contribution in [0.5, 0.6) is 11.5 Å². The molecule has 0 aliphatic carbocycles. The van der Waals surface area contributed by atoms with Crippen LogP contribution in [0.4, 0.5) is 0 Å². The highest BCUT2D eigenvalue weighted by Crippen LogP contribution is 2.34. The minimum atomic E-state index is 0.104. The van der Waals surface area contributed by atoms with Crippen molar-refractivity contribution in [2.75, 3.05) is 7.11 Å². The van der Waals surface area contributed by atoms with E-state index in [1.165, 1.54) is 13.2 Å². The molecular weight excluding hydrogens is 214 g/mol. The molecule has 0 aliphatic rings. The third-order valence-corrected chi connectivity index (χ3v) is 2.52. The first-order valence-corrected chi connectivity index (χ1v) is 5.12. The van der Waals surface area contributed by atoms with Crippen LogP contribution in [-0.2, 0) is 0 Å². The van der Waals surface area contributed by atoms with Crippen LogP contribution in [0.2, 0.25) is 0 Å². The summed E-state index contributed by atoms with van der Waals surface area (Å²) in [5, 5.41) is 18.9. The van der Waals surface area contributed by atoms with E-state index in [-0.39, 0.29) is 5.75 Å². The number of nitriles is 1. The zero-order valence-corrected chi connectivity index (χ0v) is 9.34. The minimum Gasteiger partial charge on any atom is -0.507 e. The first-order valence-electron chi connectivity index (χ1n) is 5.12. The predicted molar refractivity (Wildman–Crippen MR) is 64.8 cm³/mol. The van der Waals surface area contributed by atoms with Gasteiger partial charge in [-0.25, -0.2) is 0 Å². The molecule has 0 spiro atoms. The van der Waals surface area contributed by atoms with E-state index in [1.807, 2.05) is 36.4 Å². The van der Waals surface area contributed by atoms with Crippen molar-refractivity contribution in [2.45, 2.75) is 0 Å². The van der Waals surface area contributed by atoms with Crippen LogP contribution >= 0.6 is 0 Å². The molecule has 0 radical (unpaired) electrons. The fourth-order valence-corrected chi connectivity index (χ4v) is 1.67.